The lowest BCUT2D eigenvalue weighted by molar-refractivity contribution is -0.124. The minimum atomic E-state index is -0.147. The summed E-state index contributed by atoms with van der Waals surface area (Å²) in [6, 6.07) is 18.5. The highest BCUT2D eigenvalue weighted by Gasteiger charge is 2.39. The van der Waals surface area contributed by atoms with Gasteiger partial charge in [0.1, 0.15) is 0 Å². The van der Waals surface area contributed by atoms with Crippen molar-refractivity contribution < 1.29 is 4.79 Å². The number of hydrogen-bond acceptors (Lipinski definition) is 3. The van der Waals surface area contributed by atoms with Gasteiger partial charge in [-0.2, -0.15) is 0 Å². The van der Waals surface area contributed by atoms with E-state index >= 15 is 0 Å². The van der Waals surface area contributed by atoms with Crippen LogP contribution in [0.4, 0.5) is 0 Å². The zero-order valence-corrected chi connectivity index (χ0v) is 14.3. The maximum atomic E-state index is 12.5. The number of hydrogen-bond donors (Lipinski definition) is 1. The van der Waals surface area contributed by atoms with Crippen molar-refractivity contribution in [3.63, 3.8) is 0 Å². The maximum absolute atomic E-state index is 12.5. The SMILES string of the molecule is O=C(CCc1nc2ccccc2s1)NC1(c2ccccc2)CCC1. The van der Waals surface area contributed by atoms with E-state index in [4.69, 9.17) is 0 Å². The van der Waals surface area contributed by atoms with Crippen LogP contribution in [0.25, 0.3) is 10.2 Å². The number of amides is 1. The highest BCUT2D eigenvalue weighted by atomic mass is 32.1. The molecule has 0 saturated heterocycles. The van der Waals surface area contributed by atoms with E-state index in [1.807, 2.05) is 36.4 Å². The second kappa shape index (κ2) is 6.36. The van der Waals surface area contributed by atoms with Gasteiger partial charge in [-0.25, -0.2) is 4.98 Å². The topological polar surface area (TPSA) is 42.0 Å². The van der Waals surface area contributed by atoms with E-state index in [2.05, 4.69) is 28.5 Å². The minimum absolute atomic E-state index is 0.123. The van der Waals surface area contributed by atoms with Crippen LogP contribution in [0, 0.1) is 0 Å². The summed E-state index contributed by atoms with van der Waals surface area (Å²) in [5, 5.41) is 4.32. The number of rotatable bonds is 5. The standard InChI is InChI=1S/C20H20N2OS/c23-18(11-12-19-21-16-9-4-5-10-17(16)24-19)22-20(13-6-14-20)15-7-2-1-3-8-15/h1-5,7-10H,6,11-14H2,(H,22,23). The molecule has 0 radical (unpaired) electrons. The van der Waals surface area contributed by atoms with Crippen LogP contribution in [0.2, 0.25) is 0 Å². The van der Waals surface area contributed by atoms with Crippen LogP contribution in [-0.4, -0.2) is 10.9 Å². The zero-order valence-electron chi connectivity index (χ0n) is 13.5. The fourth-order valence-electron chi connectivity index (χ4n) is 3.35. The summed E-state index contributed by atoms with van der Waals surface area (Å²) in [5.41, 5.74) is 2.11. The predicted molar refractivity (Wildman–Crippen MR) is 98.1 cm³/mol. The van der Waals surface area contributed by atoms with E-state index < -0.39 is 0 Å². The summed E-state index contributed by atoms with van der Waals surface area (Å²) in [6.07, 6.45) is 4.44. The lowest BCUT2D eigenvalue weighted by atomic mass is 9.71. The molecule has 0 atom stereocenters. The molecule has 0 bridgehead atoms. The van der Waals surface area contributed by atoms with Gasteiger partial charge in [0.05, 0.1) is 20.8 Å². The number of aromatic nitrogens is 1. The summed E-state index contributed by atoms with van der Waals surface area (Å²) >= 11 is 1.68. The summed E-state index contributed by atoms with van der Waals surface area (Å²) in [7, 11) is 0. The first-order valence-corrected chi connectivity index (χ1v) is 9.28. The summed E-state index contributed by atoms with van der Waals surface area (Å²) in [5.74, 6) is 0.123. The third-order valence-electron chi connectivity index (χ3n) is 4.82. The predicted octanol–water partition coefficient (Wildman–Crippen LogP) is 4.42. The van der Waals surface area contributed by atoms with E-state index in [0.29, 0.717) is 12.8 Å². The van der Waals surface area contributed by atoms with Crippen molar-refractivity contribution in [2.24, 2.45) is 0 Å². The van der Waals surface area contributed by atoms with Crippen molar-refractivity contribution in [2.45, 2.75) is 37.6 Å². The van der Waals surface area contributed by atoms with Crippen LogP contribution < -0.4 is 5.32 Å². The molecule has 1 fully saturated rings. The zero-order chi connectivity index (χ0) is 16.4. The molecule has 1 amide bonds. The Hall–Kier alpha value is -2.20. The second-order valence-electron chi connectivity index (χ2n) is 6.43. The first-order chi connectivity index (χ1) is 11.8. The first kappa shape index (κ1) is 15.3. The highest BCUT2D eigenvalue weighted by Crippen LogP contribution is 2.41. The van der Waals surface area contributed by atoms with Crippen molar-refractivity contribution in [3.05, 3.63) is 65.2 Å². The maximum Gasteiger partial charge on any atom is 0.221 e. The van der Waals surface area contributed by atoms with Gasteiger partial charge in [-0.3, -0.25) is 4.79 Å². The molecule has 4 rings (SSSR count). The van der Waals surface area contributed by atoms with Gasteiger partial charge in [0.2, 0.25) is 5.91 Å². The number of nitrogens with one attached hydrogen (secondary N) is 1. The number of fused-ring (bicyclic) bond motifs is 1. The van der Waals surface area contributed by atoms with E-state index in [0.717, 1.165) is 23.4 Å². The number of aryl methyl sites for hydroxylation is 1. The van der Waals surface area contributed by atoms with Gasteiger partial charge in [0.15, 0.2) is 0 Å². The Bertz CT molecular complexity index is 819. The molecule has 1 heterocycles. The Balaban J connectivity index is 1.41. The molecule has 122 valence electrons. The van der Waals surface area contributed by atoms with Crippen LogP contribution >= 0.6 is 11.3 Å². The minimum Gasteiger partial charge on any atom is -0.347 e. The van der Waals surface area contributed by atoms with E-state index in [1.165, 1.54) is 16.7 Å². The summed E-state index contributed by atoms with van der Waals surface area (Å²) < 4.78 is 1.19. The van der Waals surface area contributed by atoms with E-state index in [-0.39, 0.29) is 11.4 Å². The summed E-state index contributed by atoms with van der Waals surface area (Å²) in [4.78, 5) is 17.1. The van der Waals surface area contributed by atoms with Crippen LogP contribution in [-0.2, 0) is 16.8 Å². The van der Waals surface area contributed by atoms with Crippen molar-refractivity contribution in [1.82, 2.24) is 10.3 Å². The molecule has 2 aromatic carbocycles. The Morgan fingerprint density at radius 1 is 1.08 bits per heavy atom. The molecule has 1 aliphatic carbocycles. The number of benzene rings is 2. The van der Waals surface area contributed by atoms with Crippen LogP contribution in [0.5, 0.6) is 0 Å². The smallest absolute Gasteiger partial charge is 0.221 e. The third-order valence-corrected chi connectivity index (χ3v) is 5.91. The van der Waals surface area contributed by atoms with Crippen LogP contribution in [0.1, 0.15) is 36.3 Å². The molecule has 1 aromatic heterocycles. The lowest BCUT2D eigenvalue weighted by Gasteiger charge is -2.43. The molecular formula is C20H20N2OS. The average molecular weight is 336 g/mol. The molecule has 1 aliphatic rings. The molecule has 1 saturated carbocycles. The van der Waals surface area contributed by atoms with Crippen LogP contribution in [0.15, 0.2) is 54.6 Å². The molecule has 0 aliphatic heterocycles. The number of carbonyl (C=O) groups excluding carboxylic acids is 1. The summed E-state index contributed by atoms with van der Waals surface area (Å²) in [6.45, 7) is 0. The lowest BCUT2D eigenvalue weighted by Crippen LogP contribution is -2.50. The molecule has 1 N–H and O–H groups in total. The molecule has 24 heavy (non-hydrogen) atoms. The van der Waals surface area contributed by atoms with Gasteiger partial charge in [-0.15, -0.1) is 11.3 Å². The second-order valence-corrected chi connectivity index (χ2v) is 7.54. The van der Waals surface area contributed by atoms with Gasteiger partial charge in [-0.1, -0.05) is 42.5 Å². The monoisotopic (exact) mass is 336 g/mol. The quantitative estimate of drug-likeness (QED) is 0.749. The van der Waals surface area contributed by atoms with Crippen LogP contribution in [0.3, 0.4) is 0 Å². The first-order valence-electron chi connectivity index (χ1n) is 8.46. The average Bonchev–Trinajstić information content (AvgIpc) is 3.00. The van der Waals surface area contributed by atoms with Gasteiger partial charge in [0.25, 0.3) is 0 Å². The molecular weight excluding hydrogens is 316 g/mol. The van der Waals surface area contributed by atoms with Gasteiger partial charge in [0, 0.05) is 12.8 Å². The van der Waals surface area contributed by atoms with Gasteiger partial charge >= 0.3 is 0 Å². The van der Waals surface area contributed by atoms with Crippen molar-refractivity contribution >= 4 is 27.5 Å². The fourth-order valence-corrected chi connectivity index (χ4v) is 4.32. The Kier molecular flexibility index (Phi) is 4.07. The number of carbonyl (C=O) groups is 1. The third kappa shape index (κ3) is 2.94. The molecule has 0 unspecified atom stereocenters. The fraction of sp³-hybridized carbons (Fsp3) is 0.300. The molecule has 4 heteroatoms. The number of para-hydroxylation sites is 1. The molecule has 0 spiro atoms. The normalized spacial score (nSPS) is 15.8. The van der Waals surface area contributed by atoms with Gasteiger partial charge < -0.3 is 5.32 Å². The molecule has 3 nitrogen and oxygen atoms in total. The van der Waals surface area contributed by atoms with E-state index in [9.17, 15) is 4.79 Å². The van der Waals surface area contributed by atoms with Crippen molar-refractivity contribution in [1.29, 1.82) is 0 Å². The Morgan fingerprint density at radius 2 is 1.83 bits per heavy atom. The Morgan fingerprint density at radius 3 is 2.54 bits per heavy atom. The number of thiazole rings is 1. The largest absolute Gasteiger partial charge is 0.347 e. The van der Waals surface area contributed by atoms with Crippen molar-refractivity contribution in [3.8, 4) is 0 Å². The highest BCUT2D eigenvalue weighted by molar-refractivity contribution is 7.18. The molecule has 3 aromatic rings. The Labute approximate surface area is 145 Å². The number of nitrogens with zero attached hydrogens (tertiary/aromatic N) is 1. The van der Waals surface area contributed by atoms with Gasteiger partial charge in [-0.05, 0) is 37.0 Å². The van der Waals surface area contributed by atoms with E-state index in [1.54, 1.807) is 11.3 Å². The van der Waals surface area contributed by atoms with Crippen molar-refractivity contribution in [2.75, 3.05) is 0 Å².